The number of rotatable bonds is 4. The zero-order valence-electron chi connectivity index (χ0n) is 11.9. The number of hydrogen-bond acceptors (Lipinski definition) is 4. The van der Waals surface area contributed by atoms with E-state index in [1.807, 2.05) is 37.0 Å². The van der Waals surface area contributed by atoms with Crippen LogP contribution in [0.4, 0.5) is 0 Å². The maximum absolute atomic E-state index is 12.4. The van der Waals surface area contributed by atoms with Gasteiger partial charge in [-0.05, 0) is 27.7 Å². The molecule has 2 rings (SSSR count). The predicted octanol–water partition coefficient (Wildman–Crippen LogP) is 1.95. The summed E-state index contributed by atoms with van der Waals surface area (Å²) >= 11 is 1.45. The molecule has 0 saturated carbocycles. The smallest absolute Gasteiger partial charge is 0.265 e. The van der Waals surface area contributed by atoms with Crippen LogP contribution >= 0.6 is 11.3 Å². The second-order valence-electron chi connectivity index (χ2n) is 4.46. The predicted molar refractivity (Wildman–Crippen MR) is 77.7 cm³/mol. The molecule has 0 atom stereocenters. The van der Waals surface area contributed by atoms with E-state index in [1.165, 1.54) is 11.3 Å². The lowest BCUT2D eigenvalue weighted by molar-refractivity contribution is 0.0776. The van der Waals surface area contributed by atoms with Crippen LogP contribution in [0.25, 0.3) is 4.96 Å². The Morgan fingerprint density at radius 3 is 2.53 bits per heavy atom. The van der Waals surface area contributed by atoms with E-state index < -0.39 is 0 Å². The zero-order valence-corrected chi connectivity index (χ0v) is 12.7. The second kappa shape index (κ2) is 5.30. The van der Waals surface area contributed by atoms with Gasteiger partial charge in [-0.25, -0.2) is 4.98 Å². The Morgan fingerprint density at radius 2 is 2.00 bits per heavy atom. The van der Waals surface area contributed by atoms with Crippen molar-refractivity contribution in [2.75, 3.05) is 13.1 Å². The molecule has 104 valence electrons. The molecule has 0 aliphatic carbocycles. The van der Waals surface area contributed by atoms with Gasteiger partial charge < -0.3 is 10.6 Å². The number of fused-ring (bicyclic) bond motifs is 1. The Hall–Kier alpha value is -1.40. The Balaban J connectivity index is 2.55. The minimum Gasteiger partial charge on any atom is -0.338 e. The molecule has 5 nitrogen and oxygen atoms in total. The van der Waals surface area contributed by atoms with Crippen molar-refractivity contribution < 1.29 is 4.79 Å². The molecule has 2 aromatic rings. The van der Waals surface area contributed by atoms with Crippen molar-refractivity contribution in [2.45, 2.75) is 34.2 Å². The van der Waals surface area contributed by atoms with E-state index in [0.29, 0.717) is 6.54 Å². The average Bonchev–Trinajstić information content (AvgIpc) is 2.87. The van der Waals surface area contributed by atoms with Gasteiger partial charge in [0.1, 0.15) is 4.88 Å². The molecule has 0 aliphatic heterocycles. The average molecular weight is 280 g/mol. The number of nitrogens with two attached hydrogens (primary N) is 1. The maximum Gasteiger partial charge on any atom is 0.265 e. The summed E-state index contributed by atoms with van der Waals surface area (Å²) in [6.07, 6.45) is 0. The summed E-state index contributed by atoms with van der Waals surface area (Å²) < 4.78 is 2.01. The van der Waals surface area contributed by atoms with Crippen LogP contribution in [0.3, 0.4) is 0 Å². The summed E-state index contributed by atoms with van der Waals surface area (Å²) in [7, 11) is 0. The van der Waals surface area contributed by atoms with Gasteiger partial charge in [0.15, 0.2) is 4.96 Å². The van der Waals surface area contributed by atoms with Crippen LogP contribution in [-0.2, 0) is 6.54 Å². The highest BCUT2D eigenvalue weighted by Gasteiger charge is 2.22. The first kappa shape index (κ1) is 14.0. The third kappa shape index (κ3) is 2.15. The Labute approximate surface area is 117 Å². The van der Waals surface area contributed by atoms with Crippen molar-refractivity contribution in [3.05, 3.63) is 22.0 Å². The first-order valence-corrected chi connectivity index (χ1v) is 7.33. The maximum atomic E-state index is 12.4. The van der Waals surface area contributed by atoms with Crippen LogP contribution in [0, 0.1) is 13.8 Å². The quantitative estimate of drug-likeness (QED) is 0.931. The molecule has 0 bridgehead atoms. The van der Waals surface area contributed by atoms with Crippen molar-refractivity contribution >= 4 is 22.2 Å². The van der Waals surface area contributed by atoms with Gasteiger partial charge in [-0.1, -0.05) is 11.3 Å². The topological polar surface area (TPSA) is 63.6 Å². The second-order valence-corrected chi connectivity index (χ2v) is 5.44. The summed E-state index contributed by atoms with van der Waals surface area (Å²) in [6.45, 7) is 9.77. The van der Waals surface area contributed by atoms with Gasteiger partial charge in [-0.15, -0.1) is 0 Å². The SMILES string of the molecule is CCN(CC)C(=O)c1sc2nc(C)c(CN)n2c1C. The number of thiazole rings is 1. The van der Waals surface area contributed by atoms with E-state index in [1.54, 1.807) is 0 Å². The number of aromatic nitrogens is 2. The summed E-state index contributed by atoms with van der Waals surface area (Å²) in [4.78, 5) is 20.4. The number of nitrogens with zero attached hydrogens (tertiary/aromatic N) is 3. The molecule has 1 amide bonds. The molecule has 0 saturated heterocycles. The van der Waals surface area contributed by atoms with Crippen LogP contribution < -0.4 is 5.73 Å². The third-order valence-electron chi connectivity index (χ3n) is 3.44. The fourth-order valence-electron chi connectivity index (χ4n) is 2.31. The molecule has 0 radical (unpaired) electrons. The number of hydrogen-bond donors (Lipinski definition) is 1. The first-order valence-electron chi connectivity index (χ1n) is 6.51. The number of carbonyl (C=O) groups is 1. The summed E-state index contributed by atoms with van der Waals surface area (Å²) in [6, 6.07) is 0. The highest BCUT2D eigenvalue weighted by molar-refractivity contribution is 7.19. The molecule has 0 spiro atoms. The fraction of sp³-hybridized carbons (Fsp3) is 0.538. The van der Waals surface area contributed by atoms with Crippen LogP contribution in [0.15, 0.2) is 0 Å². The number of amides is 1. The number of carbonyl (C=O) groups excluding carboxylic acids is 1. The Kier molecular flexibility index (Phi) is 3.91. The number of imidazole rings is 1. The van der Waals surface area contributed by atoms with Crippen molar-refractivity contribution in [2.24, 2.45) is 5.73 Å². The van der Waals surface area contributed by atoms with Crippen LogP contribution in [-0.4, -0.2) is 33.3 Å². The summed E-state index contributed by atoms with van der Waals surface area (Å²) in [5.41, 5.74) is 8.65. The summed E-state index contributed by atoms with van der Waals surface area (Å²) in [5, 5.41) is 0. The molecule has 2 N–H and O–H groups in total. The molecule has 0 fully saturated rings. The summed E-state index contributed by atoms with van der Waals surface area (Å²) in [5.74, 6) is 0.0821. The lowest BCUT2D eigenvalue weighted by atomic mass is 10.3. The van der Waals surface area contributed by atoms with Crippen molar-refractivity contribution in [1.29, 1.82) is 0 Å². The van der Waals surface area contributed by atoms with E-state index in [2.05, 4.69) is 4.98 Å². The van der Waals surface area contributed by atoms with Crippen LogP contribution in [0.5, 0.6) is 0 Å². The van der Waals surface area contributed by atoms with Gasteiger partial charge >= 0.3 is 0 Å². The van der Waals surface area contributed by atoms with Crippen molar-refractivity contribution in [1.82, 2.24) is 14.3 Å². The molecule has 0 aliphatic rings. The standard InChI is InChI=1S/C13H20N4OS/c1-5-16(6-2)12(18)11-9(4)17-10(7-14)8(3)15-13(17)19-11/h5-7,14H2,1-4H3. The molecular weight excluding hydrogens is 260 g/mol. The van der Waals surface area contributed by atoms with Crippen LogP contribution in [0.1, 0.15) is 40.6 Å². The van der Waals surface area contributed by atoms with Crippen molar-refractivity contribution in [3.63, 3.8) is 0 Å². The van der Waals surface area contributed by atoms with E-state index in [9.17, 15) is 4.79 Å². The molecule has 0 unspecified atom stereocenters. The zero-order chi connectivity index (χ0) is 14.2. The van der Waals surface area contributed by atoms with Gasteiger partial charge in [0.2, 0.25) is 0 Å². The van der Waals surface area contributed by atoms with E-state index >= 15 is 0 Å². The lowest BCUT2D eigenvalue weighted by Crippen LogP contribution is -2.30. The number of aryl methyl sites for hydroxylation is 2. The van der Waals surface area contributed by atoms with Gasteiger partial charge in [0.05, 0.1) is 11.4 Å². The minimum absolute atomic E-state index is 0.0821. The van der Waals surface area contributed by atoms with E-state index in [4.69, 9.17) is 5.73 Å². The lowest BCUT2D eigenvalue weighted by Gasteiger charge is -2.17. The Morgan fingerprint density at radius 1 is 1.37 bits per heavy atom. The molecule has 2 aromatic heterocycles. The normalized spacial score (nSPS) is 11.2. The molecule has 6 heteroatoms. The van der Waals surface area contributed by atoms with E-state index in [0.717, 1.165) is 40.0 Å². The highest BCUT2D eigenvalue weighted by Crippen LogP contribution is 2.26. The Bertz CT molecular complexity index is 610. The van der Waals surface area contributed by atoms with Gasteiger partial charge in [0.25, 0.3) is 5.91 Å². The monoisotopic (exact) mass is 280 g/mol. The molecular formula is C13H20N4OS. The minimum atomic E-state index is 0.0821. The van der Waals surface area contributed by atoms with Gasteiger partial charge in [-0.3, -0.25) is 9.20 Å². The molecule has 2 heterocycles. The molecule has 0 aromatic carbocycles. The first-order chi connectivity index (χ1) is 9.04. The van der Waals surface area contributed by atoms with Gasteiger partial charge in [0, 0.05) is 25.3 Å². The molecule has 19 heavy (non-hydrogen) atoms. The largest absolute Gasteiger partial charge is 0.338 e. The van der Waals surface area contributed by atoms with Crippen molar-refractivity contribution in [3.8, 4) is 0 Å². The van der Waals surface area contributed by atoms with Gasteiger partial charge in [-0.2, -0.15) is 0 Å². The highest BCUT2D eigenvalue weighted by atomic mass is 32.1. The van der Waals surface area contributed by atoms with E-state index in [-0.39, 0.29) is 5.91 Å². The fourth-order valence-corrected chi connectivity index (χ4v) is 3.47. The third-order valence-corrected chi connectivity index (χ3v) is 4.57. The van der Waals surface area contributed by atoms with Crippen LogP contribution in [0.2, 0.25) is 0 Å².